The second kappa shape index (κ2) is 9.12. The van der Waals surface area contributed by atoms with E-state index in [0.717, 1.165) is 23.8 Å². The number of hydrogen-bond acceptors (Lipinski definition) is 4. The van der Waals surface area contributed by atoms with E-state index in [4.69, 9.17) is 16.3 Å². The molecule has 0 radical (unpaired) electrons. The fraction of sp³-hybridized carbons (Fsp3) is 0.278. The summed E-state index contributed by atoms with van der Waals surface area (Å²) in [5.74, 6) is -1.89. The maximum absolute atomic E-state index is 13.2. The van der Waals surface area contributed by atoms with Gasteiger partial charge in [-0.05, 0) is 37.1 Å². The predicted molar refractivity (Wildman–Crippen MR) is 96.9 cm³/mol. The first-order chi connectivity index (χ1) is 12.3. The number of hydrogen-bond donors (Lipinski definition) is 1. The fourth-order valence-electron chi connectivity index (χ4n) is 2.34. The lowest BCUT2D eigenvalue weighted by Crippen LogP contribution is -2.35. The van der Waals surface area contributed by atoms with E-state index < -0.39 is 27.7 Å². The zero-order valence-corrected chi connectivity index (χ0v) is 15.7. The van der Waals surface area contributed by atoms with Gasteiger partial charge in [0.1, 0.15) is 5.82 Å². The third-order valence-electron chi connectivity index (χ3n) is 3.67. The van der Waals surface area contributed by atoms with Crippen molar-refractivity contribution in [2.75, 3.05) is 13.2 Å². The van der Waals surface area contributed by atoms with Gasteiger partial charge < -0.3 is 4.74 Å². The topological polar surface area (TPSA) is 72.5 Å². The molecule has 26 heavy (non-hydrogen) atoms. The summed E-state index contributed by atoms with van der Waals surface area (Å²) in [5.41, 5.74) is 0.884. The zero-order valence-electron chi connectivity index (χ0n) is 14.1. The normalized spacial score (nSPS) is 12.6. The molecule has 2 rings (SSSR count). The van der Waals surface area contributed by atoms with E-state index in [9.17, 15) is 17.6 Å². The number of esters is 1. The maximum atomic E-state index is 13.2. The Morgan fingerprint density at radius 3 is 2.54 bits per heavy atom. The molecule has 0 aliphatic carbocycles. The lowest BCUT2D eigenvalue weighted by atomic mass is 10.00. The molecule has 1 atom stereocenters. The van der Waals surface area contributed by atoms with Crippen molar-refractivity contribution in [3.63, 3.8) is 0 Å². The molecule has 5 nitrogen and oxygen atoms in total. The highest BCUT2D eigenvalue weighted by Gasteiger charge is 2.24. The number of halogens is 2. The maximum Gasteiger partial charge on any atom is 0.310 e. The smallest absolute Gasteiger partial charge is 0.310 e. The Bertz CT molecular complexity index is 859. The van der Waals surface area contributed by atoms with Gasteiger partial charge >= 0.3 is 5.97 Å². The van der Waals surface area contributed by atoms with Crippen molar-refractivity contribution in [2.24, 2.45) is 5.92 Å². The minimum Gasteiger partial charge on any atom is -0.466 e. The van der Waals surface area contributed by atoms with Gasteiger partial charge in [-0.3, -0.25) is 4.79 Å². The van der Waals surface area contributed by atoms with Crippen LogP contribution in [-0.2, 0) is 26.0 Å². The molecule has 0 heterocycles. The van der Waals surface area contributed by atoms with E-state index >= 15 is 0 Å². The molecular weight excluding hydrogens is 381 g/mol. The molecule has 0 spiro atoms. The first-order valence-corrected chi connectivity index (χ1v) is 9.85. The van der Waals surface area contributed by atoms with Crippen LogP contribution in [0.4, 0.5) is 4.39 Å². The van der Waals surface area contributed by atoms with Gasteiger partial charge in [0, 0.05) is 6.54 Å². The van der Waals surface area contributed by atoms with Crippen LogP contribution in [-0.4, -0.2) is 27.5 Å². The van der Waals surface area contributed by atoms with Crippen molar-refractivity contribution in [3.8, 4) is 0 Å². The van der Waals surface area contributed by atoms with Crippen LogP contribution in [0, 0.1) is 11.7 Å². The first kappa shape index (κ1) is 20.4. The molecule has 0 bridgehead atoms. The van der Waals surface area contributed by atoms with Crippen LogP contribution in [0.1, 0.15) is 12.5 Å². The van der Waals surface area contributed by atoms with Crippen molar-refractivity contribution >= 4 is 27.6 Å². The molecule has 1 N–H and O–H groups in total. The molecule has 0 aliphatic rings. The molecule has 0 fully saturated rings. The number of carbonyl (C=O) groups is 1. The average molecular weight is 400 g/mol. The molecule has 2 aromatic carbocycles. The standard InChI is InChI=1S/C18H19ClFNO4S/c1-2-25-18(22)14(10-13-6-4-3-5-7-13)12-21-26(23,24)15-8-9-17(20)16(19)11-15/h3-9,11,14,21H,2,10,12H2,1H3. The highest BCUT2D eigenvalue weighted by atomic mass is 35.5. The summed E-state index contributed by atoms with van der Waals surface area (Å²) in [6, 6.07) is 12.3. The van der Waals surface area contributed by atoms with Gasteiger partial charge in [-0.2, -0.15) is 0 Å². The summed E-state index contributed by atoms with van der Waals surface area (Å²) in [6.07, 6.45) is 0.326. The molecule has 0 saturated heterocycles. The average Bonchev–Trinajstić information content (AvgIpc) is 2.62. The van der Waals surface area contributed by atoms with E-state index in [1.165, 1.54) is 0 Å². The van der Waals surface area contributed by atoms with E-state index in [2.05, 4.69) is 4.72 Å². The summed E-state index contributed by atoms with van der Waals surface area (Å²) >= 11 is 5.64. The molecule has 0 amide bonds. The number of nitrogens with one attached hydrogen (secondary N) is 1. The Labute approximate surface area is 157 Å². The highest BCUT2D eigenvalue weighted by Crippen LogP contribution is 2.19. The van der Waals surface area contributed by atoms with Crippen LogP contribution >= 0.6 is 11.6 Å². The van der Waals surface area contributed by atoms with E-state index in [1.54, 1.807) is 6.92 Å². The Morgan fingerprint density at radius 2 is 1.92 bits per heavy atom. The van der Waals surface area contributed by atoms with Crippen molar-refractivity contribution in [2.45, 2.75) is 18.2 Å². The summed E-state index contributed by atoms with van der Waals surface area (Å²) in [7, 11) is -3.94. The van der Waals surface area contributed by atoms with Gasteiger partial charge in [0.2, 0.25) is 10.0 Å². The first-order valence-electron chi connectivity index (χ1n) is 7.98. The summed E-state index contributed by atoms with van der Waals surface area (Å²) in [6.45, 7) is 1.73. The Balaban J connectivity index is 2.14. The minimum absolute atomic E-state index is 0.148. The monoisotopic (exact) mass is 399 g/mol. The molecule has 0 aliphatic heterocycles. The molecule has 140 valence electrons. The van der Waals surface area contributed by atoms with Gasteiger partial charge in [0.05, 0.1) is 22.4 Å². The van der Waals surface area contributed by atoms with Gasteiger partial charge in [-0.25, -0.2) is 17.5 Å². The fourth-order valence-corrected chi connectivity index (χ4v) is 3.69. The lowest BCUT2D eigenvalue weighted by molar-refractivity contribution is -0.147. The second-order valence-electron chi connectivity index (χ2n) is 5.57. The van der Waals surface area contributed by atoms with Crippen LogP contribution in [0.2, 0.25) is 5.02 Å². The highest BCUT2D eigenvalue weighted by molar-refractivity contribution is 7.89. The van der Waals surface area contributed by atoms with E-state index in [0.29, 0.717) is 6.42 Å². The number of carbonyl (C=O) groups excluding carboxylic acids is 1. The molecule has 0 saturated carbocycles. The van der Waals surface area contributed by atoms with Crippen molar-refractivity contribution in [1.82, 2.24) is 4.72 Å². The predicted octanol–water partition coefficient (Wildman–Crippen LogP) is 3.18. The lowest BCUT2D eigenvalue weighted by Gasteiger charge is -2.16. The van der Waals surface area contributed by atoms with Crippen molar-refractivity contribution < 1.29 is 22.3 Å². The third-order valence-corrected chi connectivity index (χ3v) is 5.38. The minimum atomic E-state index is -3.94. The van der Waals surface area contributed by atoms with Crippen LogP contribution in [0.15, 0.2) is 53.4 Å². The van der Waals surface area contributed by atoms with Gasteiger partial charge in [0.25, 0.3) is 0 Å². The third kappa shape index (κ3) is 5.52. The quantitative estimate of drug-likeness (QED) is 0.692. The number of benzene rings is 2. The van der Waals surface area contributed by atoms with Gasteiger partial charge in [-0.15, -0.1) is 0 Å². The summed E-state index contributed by atoms with van der Waals surface area (Å²) in [4.78, 5) is 12.0. The van der Waals surface area contributed by atoms with Gasteiger partial charge in [0.15, 0.2) is 0 Å². The molecule has 2 aromatic rings. The van der Waals surface area contributed by atoms with Crippen molar-refractivity contribution in [3.05, 3.63) is 64.9 Å². The zero-order chi connectivity index (χ0) is 19.2. The largest absolute Gasteiger partial charge is 0.466 e. The number of rotatable bonds is 8. The van der Waals surface area contributed by atoms with E-state index in [-0.39, 0.29) is 23.1 Å². The molecule has 8 heteroatoms. The van der Waals surface area contributed by atoms with E-state index in [1.807, 2.05) is 30.3 Å². The molecule has 1 unspecified atom stereocenters. The molecular formula is C18H19ClFNO4S. The van der Waals surface area contributed by atoms with Crippen LogP contribution < -0.4 is 4.72 Å². The molecule has 0 aromatic heterocycles. The van der Waals surface area contributed by atoms with Gasteiger partial charge in [-0.1, -0.05) is 41.9 Å². The Kier molecular flexibility index (Phi) is 7.14. The van der Waals surface area contributed by atoms with Crippen LogP contribution in [0.3, 0.4) is 0 Å². The number of sulfonamides is 1. The Morgan fingerprint density at radius 1 is 1.23 bits per heavy atom. The second-order valence-corrected chi connectivity index (χ2v) is 7.74. The SMILES string of the molecule is CCOC(=O)C(CNS(=O)(=O)c1ccc(F)c(Cl)c1)Cc1ccccc1. The van der Waals surface area contributed by atoms with Crippen LogP contribution in [0.25, 0.3) is 0 Å². The van der Waals surface area contributed by atoms with Crippen LogP contribution in [0.5, 0.6) is 0 Å². The summed E-state index contributed by atoms with van der Waals surface area (Å²) in [5, 5.41) is -0.292. The van der Waals surface area contributed by atoms with Crippen molar-refractivity contribution in [1.29, 1.82) is 0 Å². The number of ether oxygens (including phenoxy) is 1. The Hall–Kier alpha value is -1.96. The summed E-state index contributed by atoms with van der Waals surface area (Å²) < 4.78 is 45.4.